The van der Waals surface area contributed by atoms with Crippen LogP contribution in [0.25, 0.3) is 0 Å². The molecule has 104 valence electrons. The molecule has 0 bridgehead atoms. The van der Waals surface area contributed by atoms with Gasteiger partial charge in [0.2, 0.25) is 0 Å². The highest BCUT2D eigenvalue weighted by Crippen LogP contribution is 2.39. The quantitative estimate of drug-likeness (QED) is 0.795. The Kier molecular flexibility index (Phi) is 3.73. The number of anilines is 1. The van der Waals surface area contributed by atoms with E-state index in [9.17, 15) is 4.79 Å². The molecule has 19 heavy (non-hydrogen) atoms. The zero-order valence-electron chi connectivity index (χ0n) is 11.1. The summed E-state index contributed by atoms with van der Waals surface area (Å²) in [5.74, 6) is 0.562. The normalized spacial score (nSPS) is 18.6. The highest BCUT2D eigenvalue weighted by Gasteiger charge is 2.32. The van der Waals surface area contributed by atoms with Crippen LogP contribution >= 0.6 is 15.9 Å². The second-order valence-electron chi connectivity index (χ2n) is 5.34. The van der Waals surface area contributed by atoms with Crippen molar-refractivity contribution in [1.82, 2.24) is 0 Å². The van der Waals surface area contributed by atoms with E-state index in [2.05, 4.69) is 15.9 Å². The molecule has 2 rings (SSSR count). The van der Waals surface area contributed by atoms with Crippen LogP contribution in [0.1, 0.15) is 20.8 Å². The molecule has 1 aromatic carbocycles. The van der Waals surface area contributed by atoms with Crippen molar-refractivity contribution < 1.29 is 14.3 Å². The monoisotopic (exact) mass is 328 g/mol. The fourth-order valence-electron chi connectivity index (χ4n) is 1.78. The van der Waals surface area contributed by atoms with Gasteiger partial charge in [-0.15, -0.1) is 0 Å². The standard InChI is InChI=1S/C13H17BrN2O3/c1-13(2,3)19-12(17)16-7-10(15)18-11-8(14)5-4-6-9(11)16/h4-6,10H,7,15H2,1-3H3. The molecule has 2 N–H and O–H groups in total. The van der Waals surface area contributed by atoms with Gasteiger partial charge in [0.1, 0.15) is 5.60 Å². The molecule has 1 aliphatic rings. The number of hydrogen-bond acceptors (Lipinski definition) is 4. The van der Waals surface area contributed by atoms with Crippen molar-refractivity contribution in [2.75, 3.05) is 11.4 Å². The molecule has 1 unspecified atom stereocenters. The van der Waals surface area contributed by atoms with Crippen LogP contribution in [0.3, 0.4) is 0 Å². The fraction of sp³-hybridized carbons (Fsp3) is 0.462. The van der Waals surface area contributed by atoms with E-state index < -0.39 is 17.9 Å². The first-order valence-corrected chi connectivity index (χ1v) is 6.78. The molecule has 1 amide bonds. The van der Waals surface area contributed by atoms with Gasteiger partial charge in [-0.05, 0) is 48.8 Å². The number of hydrogen-bond donors (Lipinski definition) is 1. The lowest BCUT2D eigenvalue weighted by Gasteiger charge is -2.34. The summed E-state index contributed by atoms with van der Waals surface area (Å²) in [5.41, 5.74) is 5.93. The van der Waals surface area contributed by atoms with Gasteiger partial charge in [-0.25, -0.2) is 4.79 Å². The van der Waals surface area contributed by atoms with E-state index in [4.69, 9.17) is 15.2 Å². The molecule has 5 nitrogen and oxygen atoms in total. The number of carbonyl (C=O) groups is 1. The number of carbonyl (C=O) groups excluding carboxylic acids is 1. The van der Waals surface area contributed by atoms with Gasteiger partial charge in [-0.1, -0.05) is 6.07 Å². The average Bonchev–Trinajstić information content (AvgIpc) is 2.27. The number of para-hydroxylation sites is 1. The maximum atomic E-state index is 12.2. The third kappa shape index (κ3) is 3.19. The Bertz CT molecular complexity index is 499. The first-order valence-electron chi connectivity index (χ1n) is 5.99. The SMILES string of the molecule is CC(C)(C)OC(=O)N1CC(N)Oc2c(Br)cccc21. The van der Waals surface area contributed by atoms with Crippen molar-refractivity contribution in [2.24, 2.45) is 5.73 Å². The van der Waals surface area contributed by atoms with E-state index in [0.29, 0.717) is 11.4 Å². The smallest absolute Gasteiger partial charge is 0.415 e. The van der Waals surface area contributed by atoms with Crippen molar-refractivity contribution in [2.45, 2.75) is 32.6 Å². The van der Waals surface area contributed by atoms with Crippen LogP contribution in [0.2, 0.25) is 0 Å². The molecule has 1 aromatic rings. The van der Waals surface area contributed by atoms with Gasteiger partial charge in [-0.2, -0.15) is 0 Å². The highest BCUT2D eigenvalue weighted by atomic mass is 79.9. The third-order valence-electron chi connectivity index (χ3n) is 2.48. The lowest BCUT2D eigenvalue weighted by atomic mass is 10.2. The first-order chi connectivity index (χ1) is 8.78. The Balaban J connectivity index is 2.33. The van der Waals surface area contributed by atoms with E-state index in [0.717, 1.165) is 4.47 Å². The van der Waals surface area contributed by atoms with E-state index in [1.807, 2.05) is 32.9 Å². The molecule has 0 aliphatic carbocycles. The molecule has 1 heterocycles. The largest absolute Gasteiger partial charge is 0.470 e. The number of fused-ring (bicyclic) bond motifs is 1. The molecule has 0 spiro atoms. The average molecular weight is 329 g/mol. The van der Waals surface area contributed by atoms with E-state index in [-0.39, 0.29) is 6.54 Å². The number of nitrogens with zero attached hydrogens (tertiary/aromatic N) is 1. The second kappa shape index (κ2) is 5.02. The molecule has 0 saturated carbocycles. The van der Waals surface area contributed by atoms with Crippen LogP contribution in [0.15, 0.2) is 22.7 Å². The van der Waals surface area contributed by atoms with E-state index >= 15 is 0 Å². The Morgan fingerprint density at radius 2 is 2.21 bits per heavy atom. The fourth-order valence-corrected chi connectivity index (χ4v) is 2.23. The molecule has 0 aromatic heterocycles. The Labute approximate surface area is 120 Å². The zero-order valence-corrected chi connectivity index (χ0v) is 12.7. The molecule has 0 saturated heterocycles. The maximum absolute atomic E-state index is 12.2. The van der Waals surface area contributed by atoms with Crippen molar-refractivity contribution in [3.8, 4) is 5.75 Å². The number of ether oxygens (including phenoxy) is 2. The van der Waals surface area contributed by atoms with Gasteiger partial charge in [0.25, 0.3) is 0 Å². The summed E-state index contributed by atoms with van der Waals surface area (Å²) >= 11 is 3.39. The van der Waals surface area contributed by atoms with Crippen LogP contribution in [0.5, 0.6) is 5.75 Å². The van der Waals surface area contributed by atoms with Crippen molar-refractivity contribution >= 4 is 27.7 Å². The lowest BCUT2D eigenvalue weighted by Crippen LogP contribution is -2.49. The molecular formula is C13H17BrN2O3. The molecule has 1 aliphatic heterocycles. The minimum Gasteiger partial charge on any atom is -0.470 e. The van der Waals surface area contributed by atoms with Crippen LogP contribution in [-0.2, 0) is 4.74 Å². The number of benzene rings is 1. The Morgan fingerprint density at radius 1 is 1.53 bits per heavy atom. The maximum Gasteiger partial charge on any atom is 0.415 e. The Morgan fingerprint density at radius 3 is 2.84 bits per heavy atom. The van der Waals surface area contributed by atoms with Gasteiger partial charge < -0.3 is 9.47 Å². The topological polar surface area (TPSA) is 64.8 Å². The number of halogens is 1. The molecule has 6 heteroatoms. The molecule has 1 atom stereocenters. The molecular weight excluding hydrogens is 312 g/mol. The summed E-state index contributed by atoms with van der Waals surface area (Å²) in [7, 11) is 0. The van der Waals surface area contributed by atoms with Gasteiger partial charge in [0.05, 0.1) is 16.7 Å². The van der Waals surface area contributed by atoms with Crippen LogP contribution in [0, 0.1) is 0 Å². The second-order valence-corrected chi connectivity index (χ2v) is 6.19. The summed E-state index contributed by atoms with van der Waals surface area (Å²) in [6.45, 7) is 5.74. The van der Waals surface area contributed by atoms with E-state index in [1.54, 1.807) is 6.07 Å². The van der Waals surface area contributed by atoms with Crippen molar-refractivity contribution in [3.63, 3.8) is 0 Å². The predicted molar refractivity (Wildman–Crippen MR) is 76.3 cm³/mol. The number of rotatable bonds is 0. The van der Waals surface area contributed by atoms with Gasteiger partial charge in [0.15, 0.2) is 12.0 Å². The van der Waals surface area contributed by atoms with Crippen LogP contribution in [0.4, 0.5) is 10.5 Å². The van der Waals surface area contributed by atoms with Gasteiger partial charge >= 0.3 is 6.09 Å². The summed E-state index contributed by atoms with van der Waals surface area (Å²) in [4.78, 5) is 13.7. The third-order valence-corrected chi connectivity index (χ3v) is 3.11. The van der Waals surface area contributed by atoms with Crippen molar-refractivity contribution in [1.29, 1.82) is 0 Å². The zero-order chi connectivity index (χ0) is 14.2. The summed E-state index contributed by atoms with van der Waals surface area (Å²) < 4.78 is 11.7. The summed E-state index contributed by atoms with van der Waals surface area (Å²) in [5, 5.41) is 0. The minimum absolute atomic E-state index is 0.262. The van der Waals surface area contributed by atoms with Crippen molar-refractivity contribution in [3.05, 3.63) is 22.7 Å². The number of nitrogens with two attached hydrogens (primary N) is 1. The molecule has 0 radical (unpaired) electrons. The van der Waals surface area contributed by atoms with Gasteiger partial charge in [0, 0.05) is 0 Å². The summed E-state index contributed by atoms with van der Waals surface area (Å²) in [6.07, 6.45) is -0.996. The minimum atomic E-state index is -0.571. The summed E-state index contributed by atoms with van der Waals surface area (Å²) in [6, 6.07) is 5.47. The Hall–Kier alpha value is -1.27. The van der Waals surface area contributed by atoms with Crippen LogP contribution < -0.4 is 15.4 Å². The highest BCUT2D eigenvalue weighted by molar-refractivity contribution is 9.10. The van der Waals surface area contributed by atoms with E-state index in [1.165, 1.54) is 4.90 Å². The molecule has 0 fully saturated rings. The first kappa shape index (κ1) is 14.1. The lowest BCUT2D eigenvalue weighted by molar-refractivity contribution is 0.0549. The van der Waals surface area contributed by atoms with Crippen LogP contribution in [-0.4, -0.2) is 24.5 Å². The van der Waals surface area contributed by atoms with Gasteiger partial charge in [-0.3, -0.25) is 10.6 Å². The number of amides is 1. The predicted octanol–water partition coefficient (Wildman–Crippen LogP) is 2.87.